The zero-order valence-electron chi connectivity index (χ0n) is 12.0. The van der Waals surface area contributed by atoms with E-state index in [9.17, 15) is 0 Å². The normalized spacial score (nSPS) is 28.4. The molecule has 1 saturated heterocycles. The van der Waals surface area contributed by atoms with E-state index >= 15 is 0 Å². The number of piperazine rings is 1. The summed E-state index contributed by atoms with van der Waals surface area (Å²) in [5.74, 6) is 1.75. The first-order valence-corrected chi connectivity index (χ1v) is 6.89. The average Bonchev–Trinajstić information content (AvgIpc) is 2.43. The van der Waals surface area contributed by atoms with Gasteiger partial charge in [-0.15, -0.1) is 0 Å². The molecule has 0 spiro atoms. The quantitative estimate of drug-likeness (QED) is 0.766. The van der Waals surface area contributed by atoms with Crippen LogP contribution in [-0.4, -0.2) is 56.7 Å². The van der Waals surface area contributed by atoms with Gasteiger partial charge in [-0.3, -0.25) is 4.90 Å². The second-order valence-corrected chi connectivity index (χ2v) is 5.79. The van der Waals surface area contributed by atoms with Crippen LogP contribution in [0, 0.1) is 0 Å². The van der Waals surface area contributed by atoms with Crippen molar-refractivity contribution in [2.75, 3.05) is 46.9 Å². The van der Waals surface area contributed by atoms with Gasteiger partial charge in [-0.1, -0.05) is 6.07 Å². The van der Waals surface area contributed by atoms with Crippen LogP contribution in [0.25, 0.3) is 0 Å². The number of hydrogen-bond acceptors (Lipinski definition) is 4. The summed E-state index contributed by atoms with van der Waals surface area (Å²) in [6.07, 6.45) is 0. The fourth-order valence-corrected chi connectivity index (χ4v) is 2.98. The Hall–Kier alpha value is -1.26. The minimum atomic E-state index is 0.0306. The smallest absolute Gasteiger partial charge is 0.161 e. The van der Waals surface area contributed by atoms with Gasteiger partial charge in [0.25, 0.3) is 0 Å². The Morgan fingerprint density at radius 1 is 1.05 bits per heavy atom. The number of ether oxygens (including phenoxy) is 2. The first-order chi connectivity index (χ1) is 9.09. The third-order valence-electron chi connectivity index (χ3n) is 4.40. The molecule has 0 amide bonds. The van der Waals surface area contributed by atoms with Gasteiger partial charge in [0, 0.05) is 19.6 Å². The Morgan fingerprint density at radius 3 is 2.58 bits per heavy atom. The van der Waals surface area contributed by atoms with Gasteiger partial charge < -0.3 is 14.4 Å². The van der Waals surface area contributed by atoms with E-state index in [1.165, 1.54) is 5.56 Å². The summed E-state index contributed by atoms with van der Waals surface area (Å²) in [5, 5.41) is 0. The Morgan fingerprint density at radius 2 is 1.79 bits per heavy atom. The fourth-order valence-electron chi connectivity index (χ4n) is 2.98. The molecule has 1 unspecified atom stereocenters. The van der Waals surface area contributed by atoms with E-state index in [0.717, 1.165) is 31.1 Å². The van der Waals surface area contributed by atoms with Crippen LogP contribution in [0.1, 0.15) is 12.5 Å². The number of rotatable bonds is 1. The molecule has 3 rings (SSSR count). The summed E-state index contributed by atoms with van der Waals surface area (Å²) in [6, 6.07) is 6.35. The second kappa shape index (κ2) is 4.69. The molecule has 2 aliphatic rings. The number of benzene rings is 1. The summed E-state index contributed by atoms with van der Waals surface area (Å²) in [6.45, 7) is 6.82. The van der Waals surface area contributed by atoms with E-state index in [1.54, 1.807) is 0 Å². The Bertz CT molecular complexity index is 477. The van der Waals surface area contributed by atoms with Crippen molar-refractivity contribution in [3.63, 3.8) is 0 Å². The lowest BCUT2D eigenvalue weighted by Crippen LogP contribution is -2.56. The lowest BCUT2D eigenvalue weighted by atomic mass is 9.88. The summed E-state index contributed by atoms with van der Waals surface area (Å²) < 4.78 is 11.3. The summed E-state index contributed by atoms with van der Waals surface area (Å²) in [5.41, 5.74) is 1.33. The molecule has 0 bridgehead atoms. The highest BCUT2D eigenvalue weighted by Gasteiger charge is 2.36. The molecule has 1 atom stereocenters. The minimum Gasteiger partial charge on any atom is -0.486 e. The van der Waals surface area contributed by atoms with E-state index in [2.05, 4.69) is 43.0 Å². The Kier molecular flexibility index (Phi) is 3.15. The summed E-state index contributed by atoms with van der Waals surface area (Å²) in [4.78, 5) is 4.81. The zero-order chi connectivity index (χ0) is 13.5. The lowest BCUT2D eigenvalue weighted by molar-refractivity contribution is 0.0375. The SMILES string of the molecule is CN1CCN(C)C(C)(c2ccc3c(c2)OCCO3)C1. The van der Waals surface area contributed by atoms with Gasteiger partial charge in [-0.05, 0) is 38.7 Å². The maximum absolute atomic E-state index is 5.70. The maximum atomic E-state index is 5.70. The molecule has 0 saturated carbocycles. The predicted molar refractivity (Wildman–Crippen MR) is 74.9 cm³/mol. The van der Waals surface area contributed by atoms with Gasteiger partial charge in [0.1, 0.15) is 13.2 Å². The van der Waals surface area contributed by atoms with Crippen LogP contribution in [0.15, 0.2) is 18.2 Å². The van der Waals surface area contributed by atoms with Crippen LogP contribution in [-0.2, 0) is 5.54 Å². The maximum Gasteiger partial charge on any atom is 0.161 e. The fraction of sp³-hybridized carbons (Fsp3) is 0.600. The average molecular weight is 262 g/mol. The van der Waals surface area contributed by atoms with Crippen LogP contribution in [0.4, 0.5) is 0 Å². The monoisotopic (exact) mass is 262 g/mol. The van der Waals surface area contributed by atoms with E-state index in [0.29, 0.717) is 13.2 Å². The van der Waals surface area contributed by atoms with Gasteiger partial charge in [-0.25, -0.2) is 0 Å². The first kappa shape index (κ1) is 12.8. The topological polar surface area (TPSA) is 24.9 Å². The Balaban J connectivity index is 1.96. The molecule has 19 heavy (non-hydrogen) atoms. The summed E-state index contributed by atoms with van der Waals surface area (Å²) >= 11 is 0. The van der Waals surface area contributed by atoms with Crippen LogP contribution >= 0.6 is 0 Å². The van der Waals surface area contributed by atoms with Crippen molar-refractivity contribution in [3.8, 4) is 11.5 Å². The van der Waals surface area contributed by atoms with Crippen LogP contribution < -0.4 is 9.47 Å². The zero-order valence-corrected chi connectivity index (χ0v) is 12.0. The number of hydrogen-bond donors (Lipinski definition) is 0. The Labute approximate surface area is 114 Å². The highest BCUT2D eigenvalue weighted by molar-refractivity contribution is 5.46. The van der Waals surface area contributed by atoms with Gasteiger partial charge in [0.15, 0.2) is 11.5 Å². The van der Waals surface area contributed by atoms with E-state index in [4.69, 9.17) is 9.47 Å². The highest BCUT2D eigenvalue weighted by atomic mass is 16.6. The van der Waals surface area contributed by atoms with E-state index in [-0.39, 0.29) is 5.54 Å². The minimum absolute atomic E-state index is 0.0306. The van der Waals surface area contributed by atoms with Crippen molar-refractivity contribution >= 4 is 0 Å². The number of fused-ring (bicyclic) bond motifs is 1. The molecule has 4 heteroatoms. The van der Waals surface area contributed by atoms with Crippen LogP contribution in [0.3, 0.4) is 0 Å². The molecule has 0 aromatic heterocycles. The lowest BCUT2D eigenvalue weighted by Gasteiger charge is -2.47. The summed E-state index contributed by atoms with van der Waals surface area (Å²) in [7, 11) is 4.38. The molecule has 0 N–H and O–H groups in total. The van der Waals surface area contributed by atoms with Gasteiger partial charge in [-0.2, -0.15) is 0 Å². The standard InChI is InChI=1S/C15H22N2O2/c1-15(11-16(2)6-7-17(15)3)12-4-5-13-14(10-12)19-9-8-18-13/h4-5,10H,6-9,11H2,1-3H3. The molecule has 104 valence electrons. The predicted octanol–water partition coefficient (Wildman–Crippen LogP) is 1.55. The number of likely N-dealkylation sites (N-methyl/N-ethyl adjacent to an activating group) is 2. The van der Waals surface area contributed by atoms with Crippen molar-refractivity contribution in [2.24, 2.45) is 0 Å². The molecule has 1 aromatic rings. The number of nitrogens with zero attached hydrogens (tertiary/aromatic N) is 2. The van der Waals surface area contributed by atoms with Crippen molar-refractivity contribution in [2.45, 2.75) is 12.5 Å². The molecular weight excluding hydrogens is 240 g/mol. The molecular formula is C15H22N2O2. The van der Waals surface area contributed by atoms with Crippen molar-refractivity contribution in [1.82, 2.24) is 9.80 Å². The van der Waals surface area contributed by atoms with Gasteiger partial charge in [0.05, 0.1) is 5.54 Å². The van der Waals surface area contributed by atoms with Crippen molar-refractivity contribution < 1.29 is 9.47 Å². The molecule has 0 aliphatic carbocycles. The molecule has 1 fully saturated rings. The van der Waals surface area contributed by atoms with Crippen LogP contribution in [0.5, 0.6) is 11.5 Å². The molecule has 4 nitrogen and oxygen atoms in total. The van der Waals surface area contributed by atoms with Crippen molar-refractivity contribution in [1.29, 1.82) is 0 Å². The molecule has 2 heterocycles. The van der Waals surface area contributed by atoms with E-state index < -0.39 is 0 Å². The first-order valence-electron chi connectivity index (χ1n) is 6.89. The van der Waals surface area contributed by atoms with Gasteiger partial charge >= 0.3 is 0 Å². The molecule has 1 aromatic carbocycles. The van der Waals surface area contributed by atoms with E-state index in [1.807, 2.05) is 6.07 Å². The second-order valence-electron chi connectivity index (χ2n) is 5.79. The molecule has 0 radical (unpaired) electrons. The van der Waals surface area contributed by atoms with Crippen molar-refractivity contribution in [3.05, 3.63) is 23.8 Å². The third-order valence-corrected chi connectivity index (χ3v) is 4.40. The van der Waals surface area contributed by atoms with Crippen LogP contribution in [0.2, 0.25) is 0 Å². The highest BCUT2D eigenvalue weighted by Crippen LogP contribution is 2.37. The largest absolute Gasteiger partial charge is 0.486 e. The third kappa shape index (κ3) is 2.19. The molecule has 2 aliphatic heterocycles. The van der Waals surface area contributed by atoms with Gasteiger partial charge in [0.2, 0.25) is 0 Å².